The van der Waals surface area contributed by atoms with Crippen LogP contribution in [0.5, 0.6) is 0 Å². The van der Waals surface area contributed by atoms with Gasteiger partial charge in [0.1, 0.15) is 0 Å². The van der Waals surface area contributed by atoms with Crippen LogP contribution in [0.1, 0.15) is 18.1 Å². The van der Waals surface area contributed by atoms with E-state index in [4.69, 9.17) is 0 Å². The number of hydrogen-bond donors (Lipinski definition) is 0. The van der Waals surface area contributed by atoms with Gasteiger partial charge in [0, 0.05) is 11.0 Å². The van der Waals surface area contributed by atoms with E-state index in [1.807, 2.05) is 44.2 Å². The van der Waals surface area contributed by atoms with Gasteiger partial charge in [0.25, 0.3) is 5.56 Å². The molecule has 23 heavy (non-hydrogen) atoms. The molecule has 5 heteroatoms. The zero-order chi connectivity index (χ0) is 16.6. The molecule has 0 fully saturated rings. The number of halogens is 1. The first-order chi connectivity index (χ1) is 11.0. The van der Waals surface area contributed by atoms with Gasteiger partial charge >= 0.3 is 5.69 Å². The van der Waals surface area contributed by atoms with Crippen LogP contribution in [-0.4, -0.2) is 9.13 Å². The Morgan fingerprint density at radius 1 is 1.04 bits per heavy atom. The van der Waals surface area contributed by atoms with Gasteiger partial charge in [-0.25, -0.2) is 4.79 Å². The average Bonchev–Trinajstić information content (AvgIpc) is 2.52. The van der Waals surface area contributed by atoms with Crippen LogP contribution in [0.3, 0.4) is 0 Å². The first kappa shape index (κ1) is 15.7. The quantitative estimate of drug-likeness (QED) is 0.707. The second-order valence-corrected chi connectivity index (χ2v) is 6.48. The fourth-order valence-corrected chi connectivity index (χ4v) is 3.18. The Kier molecular flexibility index (Phi) is 4.22. The molecule has 0 saturated heterocycles. The van der Waals surface area contributed by atoms with Gasteiger partial charge in [-0.2, -0.15) is 0 Å². The third-order valence-corrected chi connectivity index (χ3v) is 4.42. The molecule has 2 aromatic carbocycles. The van der Waals surface area contributed by atoms with Crippen LogP contribution in [-0.2, 0) is 13.1 Å². The van der Waals surface area contributed by atoms with E-state index in [-0.39, 0.29) is 11.2 Å². The van der Waals surface area contributed by atoms with Gasteiger partial charge in [-0.05, 0) is 37.6 Å². The Balaban J connectivity index is 2.31. The number of fused-ring (bicyclic) bond motifs is 1. The van der Waals surface area contributed by atoms with Crippen LogP contribution < -0.4 is 11.2 Å². The second kappa shape index (κ2) is 6.16. The van der Waals surface area contributed by atoms with E-state index in [0.29, 0.717) is 24.0 Å². The van der Waals surface area contributed by atoms with Gasteiger partial charge < -0.3 is 0 Å². The lowest BCUT2D eigenvalue weighted by molar-refractivity contribution is 0.619. The third kappa shape index (κ3) is 2.88. The summed E-state index contributed by atoms with van der Waals surface area (Å²) in [4.78, 5) is 25.2. The van der Waals surface area contributed by atoms with Crippen molar-refractivity contribution in [2.24, 2.45) is 0 Å². The molecule has 0 aliphatic rings. The van der Waals surface area contributed by atoms with Crippen LogP contribution in [0.2, 0.25) is 0 Å². The first-order valence-electron chi connectivity index (χ1n) is 7.49. The molecule has 0 spiro atoms. The van der Waals surface area contributed by atoms with Crippen molar-refractivity contribution in [3.63, 3.8) is 0 Å². The predicted molar refractivity (Wildman–Crippen MR) is 96.1 cm³/mol. The van der Waals surface area contributed by atoms with Gasteiger partial charge in [0.05, 0.1) is 17.4 Å². The zero-order valence-electron chi connectivity index (χ0n) is 13.0. The Labute approximate surface area is 142 Å². The van der Waals surface area contributed by atoms with Crippen LogP contribution in [0.15, 0.2) is 56.5 Å². The molecule has 3 rings (SSSR count). The summed E-state index contributed by atoms with van der Waals surface area (Å²) in [5.41, 5.74) is 2.33. The van der Waals surface area contributed by atoms with Gasteiger partial charge in [0.15, 0.2) is 0 Å². The monoisotopic (exact) mass is 372 g/mol. The molecule has 0 aliphatic heterocycles. The van der Waals surface area contributed by atoms with E-state index in [1.54, 1.807) is 10.6 Å². The standard InChI is InChI=1S/C18H17BrN2O2/c1-3-20-17(22)15-10-14(19)7-8-16(15)21(18(20)23)11-13-6-4-5-12(2)9-13/h4-10H,3,11H2,1-2H3. The minimum absolute atomic E-state index is 0.241. The summed E-state index contributed by atoms with van der Waals surface area (Å²) in [5, 5.41) is 0.550. The summed E-state index contributed by atoms with van der Waals surface area (Å²) in [6, 6.07) is 13.5. The van der Waals surface area contributed by atoms with Gasteiger partial charge in [-0.15, -0.1) is 0 Å². The number of aromatic nitrogens is 2. The highest BCUT2D eigenvalue weighted by Gasteiger charge is 2.12. The summed E-state index contributed by atoms with van der Waals surface area (Å²) in [6.07, 6.45) is 0. The summed E-state index contributed by atoms with van der Waals surface area (Å²) in [7, 11) is 0. The van der Waals surface area contributed by atoms with E-state index in [2.05, 4.69) is 22.0 Å². The summed E-state index contributed by atoms with van der Waals surface area (Å²) in [6.45, 7) is 4.63. The van der Waals surface area contributed by atoms with E-state index < -0.39 is 0 Å². The Morgan fingerprint density at radius 2 is 1.83 bits per heavy atom. The Bertz CT molecular complexity index is 1000. The van der Waals surface area contributed by atoms with E-state index in [9.17, 15) is 9.59 Å². The van der Waals surface area contributed by atoms with Crippen molar-refractivity contribution in [2.75, 3.05) is 0 Å². The van der Waals surface area contributed by atoms with Crippen molar-refractivity contribution in [1.82, 2.24) is 9.13 Å². The molecule has 0 radical (unpaired) electrons. The van der Waals surface area contributed by atoms with Crippen molar-refractivity contribution < 1.29 is 0 Å². The van der Waals surface area contributed by atoms with Crippen molar-refractivity contribution >= 4 is 26.8 Å². The minimum atomic E-state index is -0.270. The first-order valence-corrected chi connectivity index (χ1v) is 8.29. The van der Waals surface area contributed by atoms with Crippen LogP contribution in [0, 0.1) is 6.92 Å². The topological polar surface area (TPSA) is 44.0 Å². The highest BCUT2D eigenvalue weighted by molar-refractivity contribution is 9.10. The lowest BCUT2D eigenvalue weighted by Crippen LogP contribution is -2.39. The minimum Gasteiger partial charge on any atom is -0.289 e. The largest absolute Gasteiger partial charge is 0.331 e. The molecule has 1 aromatic heterocycles. The normalized spacial score (nSPS) is 11.1. The number of rotatable bonds is 3. The molecule has 3 aromatic rings. The second-order valence-electron chi connectivity index (χ2n) is 5.57. The molecule has 1 heterocycles. The molecule has 0 atom stereocenters. The summed E-state index contributed by atoms with van der Waals surface area (Å²) < 4.78 is 3.77. The maximum absolute atomic E-state index is 12.7. The summed E-state index contributed by atoms with van der Waals surface area (Å²) >= 11 is 3.40. The van der Waals surface area contributed by atoms with Gasteiger partial charge in [0.2, 0.25) is 0 Å². The number of hydrogen-bond acceptors (Lipinski definition) is 2. The van der Waals surface area contributed by atoms with Crippen molar-refractivity contribution in [1.29, 1.82) is 0 Å². The van der Waals surface area contributed by atoms with Crippen molar-refractivity contribution in [3.8, 4) is 0 Å². The highest BCUT2D eigenvalue weighted by atomic mass is 79.9. The zero-order valence-corrected chi connectivity index (χ0v) is 14.6. The van der Waals surface area contributed by atoms with Gasteiger partial charge in [-0.1, -0.05) is 45.8 Å². The van der Waals surface area contributed by atoms with E-state index in [1.165, 1.54) is 4.57 Å². The van der Waals surface area contributed by atoms with Crippen LogP contribution >= 0.6 is 15.9 Å². The average molecular weight is 373 g/mol. The molecule has 0 aliphatic carbocycles. The predicted octanol–water partition coefficient (Wildman–Crippen LogP) is 3.30. The molecular formula is C18H17BrN2O2. The molecule has 0 N–H and O–H groups in total. The molecule has 0 bridgehead atoms. The SMILES string of the molecule is CCn1c(=O)c2cc(Br)ccc2n(Cc2cccc(C)c2)c1=O. The lowest BCUT2D eigenvalue weighted by Gasteiger charge is -2.14. The molecule has 0 unspecified atom stereocenters. The third-order valence-electron chi connectivity index (χ3n) is 3.93. The number of benzene rings is 2. The van der Waals surface area contributed by atoms with Crippen molar-refractivity contribution in [2.45, 2.75) is 26.9 Å². The fraction of sp³-hybridized carbons (Fsp3) is 0.222. The maximum atomic E-state index is 12.7. The molecule has 0 amide bonds. The molecular weight excluding hydrogens is 356 g/mol. The van der Waals surface area contributed by atoms with E-state index in [0.717, 1.165) is 15.6 Å². The number of aryl methyl sites for hydroxylation is 1. The highest BCUT2D eigenvalue weighted by Crippen LogP contribution is 2.17. The van der Waals surface area contributed by atoms with E-state index >= 15 is 0 Å². The molecule has 0 saturated carbocycles. The van der Waals surface area contributed by atoms with Crippen molar-refractivity contribution in [3.05, 3.63) is 78.9 Å². The van der Waals surface area contributed by atoms with Gasteiger partial charge in [-0.3, -0.25) is 13.9 Å². The summed E-state index contributed by atoms with van der Waals surface area (Å²) in [5.74, 6) is 0. The maximum Gasteiger partial charge on any atom is 0.331 e. The molecule has 118 valence electrons. The Morgan fingerprint density at radius 3 is 2.52 bits per heavy atom. The lowest BCUT2D eigenvalue weighted by atomic mass is 10.1. The Hall–Kier alpha value is -2.14. The van der Waals surface area contributed by atoms with Crippen LogP contribution in [0.25, 0.3) is 10.9 Å². The fourth-order valence-electron chi connectivity index (χ4n) is 2.82. The van der Waals surface area contributed by atoms with Crippen LogP contribution in [0.4, 0.5) is 0 Å². The smallest absolute Gasteiger partial charge is 0.289 e. The molecule has 4 nitrogen and oxygen atoms in total. The number of nitrogens with zero attached hydrogens (tertiary/aromatic N) is 2.